The molecule has 6 nitrogen and oxygen atoms in total. The largest absolute Gasteiger partial charge is 0.484 e. The molecule has 0 spiro atoms. The van der Waals surface area contributed by atoms with Gasteiger partial charge in [-0.15, -0.1) is 0 Å². The molecule has 0 unspecified atom stereocenters. The summed E-state index contributed by atoms with van der Waals surface area (Å²) in [4.78, 5) is 23.5. The molecule has 0 radical (unpaired) electrons. The van der Waals surface area contributed by atoms with Crippen LogP contribution in [-0.2, 0) is 9.59 Å². The lowest BCUT2D eigenvalue weighted by Gasteiger charge is -2.15. The minimum absolute atomic E-state index is 0.283. The van der Waals surface area contributed by atoms with Crippen LogP contribution in [0.15, 0.2) is 48.5 Å². The summed E-state index contributed by atoms with van der Waals surface area (Å²) in [6.07, 6.45) is -0.886. The minimum atomic E-state index is -0.886. The van der Waals surface area contributed by atoms with Crippen molar-refractivity contribution in [2.45, 2.75) is 13.0 Å². The second-order valence-electron chi connectivity index (χ2n) is 4.99. The first-order valence-electron chi connectivity index (χ1n) is 7.33. The molecular formula is C17H16ClFN2O4. The van der Waals surface area contributed by atoms with Crippen LogP contribution >= 0.6 is 11.6 Å². The number of hydrogen-bond donors (Lipinski definition) is 2. The van der Waals surface area contributed by atoms with Gasteiger partial charge in [-0.05, 0) is 55.5 Å². The van der Waals surface area contributed by atoms with Crippen molar-refractivity contribution in [3.63, 3.8) is 0 Å². The molecule has 2 aromatic rings. The number of ether oxygens (including phenoxy) is 2. The summed E-state index contributed by atoms with van der Waals surface area (Å²) in [5.74, 6) is -0.709. The quantitative estimate of drug-likeness (QED) is 0.770. The number of benzene rings is 2. The van der Waals surface area contributed by atoms with E-state index in [4.69, 9.17) is 21.1 Å². The number of amides is 2. The molecular weight excluding hydrogens is 351 g/mol. The lowest BCUT2D eigenvalue weighted by atomic mass is 10.3. The Labute approximate surface area is 148 Å². The van der Waals surface area contributed by atoms with Gasteiger partial charge in [0, 0.05) is 5.02 Å². The Balaban J connectivity index is 1.71. The van der Waals surface area contributed by atoms with Crippen LogP contribution in [0.2, 0.25) is 5.02 Å². The van der Waals surface area contributed by atoms with Crippen molar-refractivity contribution in [3.8, 4) is 11.5 Å². The Morgan fingerprint density at radius 1 is 1.04 bits per heavy atom. The zero-order chi connectivity index (χ0) is 18.2. The average Bonchev–Trinajstić information content (AvgIpc) is 2.61. The normalized spacial score (nSPS) is 11.3. The van der Waals surface area contributed by atoms with Gasteiger partial charge < -0.3 is 9.47 Å². The third kappa shape index (κ3) is 6.31. The van der Waals surface area contributed by atoms with E-state index in [1.54, 1.807) is 24.3 Å². The molecule has 25 heavy (non-hydrogen) atoms. The fraction of sp³-hybridized carbons (Fsp3) is 0.176. The molecule has 2 amide bonds. The fourth-order valence-corrected chi connectivity index (χ4v) is 1.85. The Bertz CT molecular complexity index is 722. The first kappa shape index (κ1) is 18.5. The van der Waals surface area contributed by atoms with Gasteiger partial charge in [-0.1, -0.05) is 11.6 Å². The van der Waals surface area contributed by atoms with E-state index >= 15 is 0 Å². The average molecular weight is 367 g/mol. The summed E-state index contributed by atoms with van der Waals surface area (Å²) >= 11 is 5.74. The van der Waals surface area contributed by atoms with Crippen molar-refractivity contribution >= 4 is 23.4 Å². The number of hydrogen-bond acceptors (Lipinski definition) is 4. The third-order valence-electron chi connectivity index (χ3n) is 3.00. The maximum atomic E-state index is 12.8. The van der Waals surface area contributed by atoms with Crippen LogP contribution in [0.5, 0.6) is 11.5 Å². The lowest BCUT2D eigenvalue weighted by molar-refractivity contribution is -0.133. The van der Waals surface area contributed by atoms with E-state index in [1.165, 1.54) is 31.2 Å². The summed E-state index contributed by atoms with van der Waals surface area (Å²) in [5, 5.41) is 0.555. The van der Waals surface area contributed by atoms with E-state index in [0.717, 1.165) is 0 Å². The minimum Gasteiger partial charge on any atom is -0.484 e. The van der Waals surface area contributed by atoms with Gasteiger partial charge in [0.05, 0.1) is 0 Å². The number of rotatable bonds is 6. The molecule has 2 N–H and O–H groups in total. The summed E-state index contributed by atoms with van der Waals surface area (Å²) in [6.45, 7) is 1.21. The molecule has 0 aliphatic heterocycles. The van der Waals surface area contributed by atoms with Crippen LogP contribution in [0, 0.1) is 5.82 Å². The van der Waals surface area contributed by atoms with E-state index in [-0.39, 0.29) is 6.61 Å². The van der Waals surface area contributed by atoms with Gasteiger partial charge in [0.25, 0.3) is 11.8 Å². The zero-order valence-electron chi connectivity index (χ0n) is 13.3. The van der Waals surface area contributed by atoms with Crippen molar-refractivity contribution in [2.24, 2.45) is 0 Å². The van der Waals surface area contributed by atoms with Gasteiger partial charge in [0.15, 0.2) is 12.7 Å². The maximum absolute atomic E-state index is 12.8. The van der Waals surface area contributed by atoms with E-state index in [2.05, 4.69) is 10.9 Å². The van der Waals surface area contributed by atoms with Gasteiger partial charge >= 0.3 is 0 Å². The van der Waals surface area contributed by atoms with E-state index < -0.39 is 23.7 Å². The van der Waals surface area contributed by atoms with Crippen LogP contribution in [0.3, 0.4) is 0 Å². The van der Waals surface area contributed by atoms with Gasteiger partial charge in [0.2, 0.25) is 0 Å². The van der Waals surface area contributed by atoms with Crippen LogP contribution in [0.25, 0.3) is 0 Å². The smallest absolute Gasteiger partial charge is 0.279 e. The van der Waals surface area contributed by atoms with E-state index in [1.807, 2.05) is 0 Å². The number of halogens is 2. The number of carbonyl (C=O) groups is 2. The molecule has 2 rings (SSSR count). The summed E-state index contributed by atoms with van der Waals surface area (Å²) < 4.78 is 23.4. The van der Waals surface area contributed by atoms with Crippen LogP contribution in [-0.4, -0.2) is 24.5 Å². The first-order chi connectivity index (χ1) is 11.9. The van der Waals surface area contributed by atoms with Crippen LogP contribution in [0.1, 0.15) is 6.92 Å². The van der Waals surface area contributed by atoms with Crippen LogP contribution < -0.4 is 20.3 Å². The Morgan fingerprint density at radius 3 is 2.28 bits per heavy atom. The molecule has 0 saturated heterocycles. The van der Waals surface area contributed by atoms with E-state index in [0.29, 0.717) is 16.5 Å². The van der Waals surface area contributed by atoms with E-state index in [9.17, 15) is 14.0 Å². The highest BCUT2D eigenvalue weighted by Gasteiger charge is 2.15. The topological polar surface area (TPSA) is 76.7 Å². The highest BCUT2D eigenvalue weighted by atomic mass is 35.5. The number of hydrazine groups is 1. The highest BCUT2D eigenvalue weighted by molar-refractivity contribution is 6.30. The van der Waals surface area contributed by atoms with Crippen LogP contribution in [0.4, 0.5) is 4.39 Å². The van der Waals surface area contributed by atoms with Gasteiger partial charge in [-0.25, -0.2) is 4.39 Å². The standard InChI is InChI=1S/C17H16ClFN2O4/c1-11(25-15-8-4-13(19)5-9-15)17(23)21-20-16(22)10-24-14-6-2-12(18)3-7-14/h2-9,11H,10H2,1H3,(H,20,22)(H,21,23)/t11-/m0/s1. The van der Waals surface area contributed by atoms with Gasteiger partial charge in [-0.3, -0.25) is 20.4 Å². The molecule has 0 bridgehead atoms. The van der Waals surface area contributed by atoms with Gasteiger partial charge in [-0.2, -0.15) is 0 Å². The Morgan fingerprint density at radius 2 is 1.64 bits per heavy atom. The van der Waals surface area contributed by atoms with Crippen molar-refractivity contribution in [2.75, 3.05) is 6.61 Å². The predicted molar refractivity (Wildman–Crippen MR) is 89.7 cm³/mol. The molecule has 0 aliphatic carbocycles. The summed E-state index contributed by atoms with van der Waals surface area (Å²) in [7, 11) is 0. The molecule has 1 atom stereocenters. The number of carbonyl (C=O) groups excluding carboxylic acids is 2. The molecule has 0 aliphatic rings. The monoisotopic (exact) mass is 366 g/mol. The zero-order valence-corrected chi connectivity index (χ0v) is 14.0. The van der Waals surface area contributed by atoms with Crippen molar-refractivity contribution < 1.29 is 23.5 Å². The Hall–Kier alpha value is -2.80. The highest BCUT2D eigenvalue weighted by Crippen LogP contribution is 2.15. The number of nitrogens with one attached hydrogen (secondary N) is 2. The first-order valence-corrected chi connectivity index (χ1v) is 7.71. The molecule has 2 aromatic carbocycles. The third-order valence-corrected chi connectivity index (χ3v) is 3.26. The molecule has 0 heterocycles. The Kier molecular flexibility index (Phi) is 6.59. The van der Waals surface area contributed by atoms with Gasteiger partial charge in [0.1, 0.15) is 17.3 Å². The lowest BCUT2D eigenvalue weighted by Crippen LogP contribution is -2.48. The summed E-state index contributed by atoms with van der Waals surface area (Å²) in [5.41, 5.74) is 4.43. The molecule has 0 saturated carbocycles. The molecule has 8 heteroatoms. The van der Waals surface area contributed by atoms with Crippen molar-refractivity contribution in [3.05, 3.63) is 59.4 Å². The second-order valence-corrected chi connectivity index (χ2v) is 5.43. The summed E-state index contributed by atoms with van der Waals surface area (Å²) in [6, 6.07) is 11.7. The van der Waals surface area contributed by atoms with Crippen molar-refractivity contribution in [1.29, 1.82) is 0 Å². The fourth-order valence-electron chi connectivity index (χ4n) is 1.72. The predicted octanol–water partition coefficient (Wildman–Crippen LogP) is 2.47. The molecule has 132 valence electrons. The second kappa shape index (κ2) is 8.89. The maximum Gasteiger partial charge on any atom is 0.279 e. The van der Waals surface area contributed by atoms with Crippen molar-refractivity contribution in [1.82, 2.24) is 10.9 Å². The molecule has 0 fully saturated rings. The SMILES string of the molecule is C[C@H](Oc1ccc(F)cc1)C(=O)NNC(=O)COc1ccc(Cl)cc1. The molecule has 0 aromatic heterocycles.